The molecular weight excluding hydrogens is 92.1 g/mol. The summed E-state index contributed by atoms with van der Waals surface area (Å²) in [6.45, 7) is 0. The van der Waals surface area contributed by atoms with Crippen LogP contribution in [0.1, 0.15) is 0 Å². The number of carbonyl (C=O) groups excluding carboxylic acids is 1. The summed E-state index contributed by atoms with van der Waals surface area (Å²) in [5, 5.41) is 9.94. The highest BCUT2D eigenvalue weighted by atomic mass is 16.1. The van der Waals surface area contributed by atoms with Crippen molar-refractivity contribution in [3.63, 3.8) is 0 Å². The Morgan fingerprint density at radius 2 is 2.43 bits per heavy atom. The van der Waals surface area contributed by atoms with Crippen LogP contribution in [0.2, 0.25) is 0 Å². The number of nitrogens with zero attached hydrogens (tertiary/aromatic N) is 1. The van der Waals surface area contributed by atoms with Gasteiger partial charge in [-0.1, -0.05) is 0 Å². The van der Waals surface area contributed by atoms with Gasteiger partial charge in [0.05, 0.1) is 6.07 Å². The van der Waals surface area contributed by atoms with Gasteiger partial charge in [0.25, 0.3) is 0 Å². The summed E-state index contributed by atoms with van der Waals surface area (Å²) in [6, 6.07) is 1.46. The molecule has 0 aliphatic rings. The van der Waals surface area contributed by atoms with Gasteiger partial charge >= 0.3 is 0 Å². The normalized spacial score (nSPS) is 6.86. The van der Waals surface area contributed by atoms with Gasteiger partial charge in [-0.15, -0.1) is 0 Å². The molecule has 3 nitrogen and oxygen atoms in total. The highest BCUT2D eigenvalue weighted by Crippen LogP contribution is 1.66. The maximum Gasteiger partial charge on any atom is 0.244 e. The molecule has 0 aliphatic heterocycles. The Morgan fingerprint density at radius 3 is 2.57 bits per heavy atom. The molecule has 0 aromatic rings. The van der Waals surface area contributed by atoms with Crippen molar-refractivity contribution in [1.82, 2.24) is 5.32 Å². The van der Waals surface area contributed by atoms with Crippen molar-refractivity contribution in [3.05, 3.63) is 6.42 Å². The first-order chi connectivity index (χ1) is 3.31. The average molecular weight is 96.1 g/mol. The third kappa shape index (κ3) is 2.77. The molecule has 1 amide bonds. The van der Waals surface area contributed by atoms with Crippen LogP contribution in [-0.4, -0.2) is 13.0 Å². The van der Waals surface area contributed by atoms with Crippen LogP contribution < -0.4 is 5.32 Å². The van der Waals surface area contributed by atoms with E-state index in [1.807, 2.05) is 6.42 Å². The molecule has 0 aromatic carbocycles. The Labute approximate surface area is 41.9 Å². The molecule has 0 fully saturated rings. The lowest BCUT2D eigenvalue weighted by Gasteiger charge is -1.83. The van der Waals surface area contributed by atoms with E-state index >= 15 is 0 Å². The minimum Gasteiger partial charge on any atom is -0.358 e. The van der Waals surface area contributed by atoms with Crippen LogP contribution in [0.3, 0.4) is 0 Å². The fraction of sp³-hybridized carbons (Fsp3) is 0.250. The number of nitriles is 1. The Bertz CT molecular complexity index is 103. The van der Waals surface area contributed by atoms with Gasteiger partial charge in [0.1, 0.15) is 0 Å². The molecule has 0 saturated carbocycles. The molecule has 2 radical (unpaired) electrons. The first-order valence-corrected chi connectivity index (χ1v) is 1.68. The summed E-state index contributed by atoms with van der Waals surface area (Å²) >= 11 is 0. The third-order valence-corrected chi connectivity index (χ3v) is 0.396. The second-order valence-corrected chi connectivity index (χ2v) is 0.816. The molecule has 3 heteroatoms. The van der Waals surface area contributed by atoms with Crippen LogP contribution in [0.15, 0.2) is 0 Å². The fourth-order valence-electron chi connectivity index (χ4n) is 0.113. The Hall–Kier alpha value is -1.04. The van der Waals surface area contributed by atoms with E-state index in [-0.39, 0.29) is 0 Å². The maximum atomic E-state index is 9.97. The van der Waals surface area contributed by atoms with E-state index in [0.717, 1.165) is 0 Å². The second kappa shape index (κ2) is 3.16. The first kappa shape index (κ1) is 5.96. The minimum absolute atomic E-state index is 0.484. The van der Waals surface area contributed by atoms with Crippen LogP contribution in [0.5, 0.6) is 0 Å². The molecule has 0 atom stereocenters. The molecule has 0 aliphatic carbocycles. The van der Waals surface area contributed by atoms with E-state index < -0.39 is 5.91 Å². The first-order valence-electron chi connectivity index (χ1n) is 1.68. The zero-order chi connectivity index (χ0) is 5.70. The lowest BCUT2D eigenvalue weighted by atomic mass is 10.4. The van der Waals surface area contributed by atoms with Gasteiger partial charge in [0, 0.05) is 7.05 Å². The maximum absolute atomic E-state index is 9.97. The van der Waals surface area contributed by atoms with Crippen molar-refractivity contribution in [1.29, 1.82) is 5.26 Å². The Kier molecular flexibility index (Phi) is 2.69. The van der Waals surface area contributed by atoms with Gasteiger partial charge in [-0.3, -0.25) is 4.79 Å². The highest BCUT2D eigenvalue weighted by molar-refractivity contribution is 5.87. The lowest BCUT2D eigenvalue weighted by Crippen LogP contribution is -2.16. The van der Waals surface area contributed by atoms with E-state index in [1.54, 1.807) is 0 Å². The van der Waals surface area contributed by atoms with Gasteiger partial charge < -0.3 is 5.32 Å². The molecule has 36 valence electrons. The number of nitrogens with one attached hydrogen (secondary N) is 1. The summed E-state index contributed by atoms with van der Waals surface area (Å²) in [5.41, 5.74) is 0. The summed E-state index contributed by atoms with van der Waals surface area (Å²) in [5.74, 6) is -0.484. The summed E-state index contributed by atoms with van der Waals surface area (Å²) in [7, 11) is 1.44. The second-order valence-electron chi connectivity index (χ2n) is 0.816. The summed E-state index contributed by atoms with van der Waals surface area (Å²) < 4.78 is 0. The van der Waals surface area contributed by atoms with E-state index in [4.69, 9.17) is 5.26 Å². The topological polar surface area (TPSA) is 52.9 Å². The third-order valence-electron chi connectivity index (χ3n) is 0.396. The molecule has 0 saturated heterocycles. The van der Waals surface area contributed by atoms with E-state index in [0.29, 0.717) is 0 Å². The van der Waals surface area contributed by atoms with Crippen LogP contribution in [-0.2, 0) is 4.79 Å². The van der Waals surface area contributed by atoms with Crippen molar-refractivity contribution >= 4 is 5.91 Å². The molecule has 0 heterocycles. The number of rotatable bonds is 1. The van der Waals surface area contributed by atoms with Crippen LogP contribution in [0.25, 0.3) is 0 Å². The fourth-order valence-corrected chi connectivity index (χ4v) is 0.113. The lowest BCUT2D eigenvalue weighted by molar-refractivity contribution is -0.116. The van der Waals surface area contributed by atoms with Crippen LogP contribution >= 0.6 is 0 Å². The van der Waals surface area contributed by atoms with Crippen molar-refractivity contribution in [2.24, 2.45) is 0 Å². The molecule has 1 N–H and O–H groups in total. The van der Waals surface area contributed by atoms with Crippen molar-refractivity contribution in [2.75, 3.05) is 7.05 Å². The van der Waals surface area contributed by atoms with E-state index in [1.165, 1.54) is 13.1 Å². The number of amides is 1. The zero-order valence-electron chi connectivity index (χ0n) is 3.86. The van der Waals surface area contributed by atoms with Crippen LogP contribution in [0.4, 0.5) is 0 Å². The SMILES string of the molecule is CNC(=O)[C]C#N. The summed E-state index contributed by atoms with van der Waals surface area (Å²) in [4.78, 5) is 9.97. The zero-order valence-corrected chi connectivity index (χ0v) is 3.86. The molecule has 7 heavy (non-hydrogen) atoms. The van der Waals surface area contributed by atoms with E-state index in [2.05, 4.69) is 5.32 Å². The predicted octanol–water partition coefficient (Wildman–Crippen LogP) is -0.663. The van der Waals surface area contributed by atoms with Gasteiger partial charge in [-0.2, -0.15) is 5.26 Å². The Balaban J connectivity index is 3.23. The van der Waals surface area contributed by atoms with Gasteiger partial charge in [0.15, 0.2) is 6.42 Å². The van der Waals surface area contributed by atoms with Gasteiger partial charge in [-0.05, 0) is 0 Å². The standard InChI is InChI=1S/C4H4N2O/c1-6-4(7)2-3-5/h1H3,(H,6,7). The molecule has 0 bridgehead atoms. The van der Waals surface area contributed by atoms with Crippen molar-refractivity contribution < 1.29 is 4.79 Å². The number of hydrogen-bond donors (Lipinski definition) is 1. The Morgan fingerprint density at radius 1 is 1.86 bits per heavy atom. The molecule has 0 aromatic heterocycles. The number of carbonyl (C=O) groups is 1. The minimum atomic E-state index is -0.484. The van der Waals surface area contributed by atoms with Crippen molar-refractivity contribution in [2.45, 2.75) is 0 Å². The quantitative estimate of drug-likeness (QED) is 0.471. The molecule has 0 spiro atoms. The van der Waals surface area contributed by atoms with E-state index in [9.17, 15) is 4.79 Å². The molecule has 0 rings (SSSR count). The smallest absolute Gasteiger partial charge is 0.244 e. The number of hydrogen-bond acceptors (Lipinski definition) is 2. The summed E-state index contributed by atoms with van der Waals surface area (Å²) in [6.07, 6.45) is 1.85. The monoisotopic (exact) mass is 96.0 g/mol. The molecular formula is C4H4N2O. The molecule has 0 unspecified atom stereocenters. The van der Waals surface area contributed by atoms with Crippen LogP contribution in [0, 0.1) is 17.8 Å². The average Bonchev–Trinajstić information content (AvgIpc) is 1.68. The van der Waals surface area contributed by atoms with Crippen molar-refractivity contribution in [3.8, 4) is 6.07 Å². The van der Waals surface area contributed by atoms with Gasteiger partial charge in [0.2, 0.25) is 5.91 Å². The van der Waals surface area contributed by atoms with Gasteiger partial charge in [-0.25, -0.2) is 0 Å². The largest absolute Gasteiger partial charge is 0.358 e. The predicted molar refractivity (Wildman–Crippen MR) is 22.9 cm³/mol. The highest BCUT2D eigenvalue weighted by Gasteiger charge is 1.93.